The molecule has 154 valence electrons. The van der Waals surface area contributed by atoms with Gasteiger partial charge in [0, 0.05) is 24.4 Å². The molecule has 1 aliphatic heterocycles. The first-order valence-corrected chi connectivity index (χ1v) is 9.29. The molecule has 3 aromatic rings. The lowest BCUT2D eigenvalue weighted by Crippen LogP contribution is -2.27. The number of halogens is 1. The van der Waals surface area contributed by atoms with Crippen LogP contribution in [0.15, 0.2) is 39.6 Å². The summed E-state index contributed by atoms with van der Waals surface area (Å²) in [6, 6.07) is 7.08. The molecule has 1 N–H and O–H groups in total. The molecule has 8 nitrogen and oxygen atoms in total. The third kappa shape index (κ3) is 2.81. The van der Waals surface area contributed by atoms with Gasteiger partial charge in [-0.05, 0) is 31.0 Å². The zero-order valence-electron chi connectivity index (χ0n) is 16.5. The van der Waals surface area contributed by atoms with Crippen molar-refractivity contribution in [1.82, 2.24) is 9.72 Å². The Morgan fingerprint density at radius 2 is 1.93 bits per heavy atom. The highest BCUT2D eigenvalue weighted by molar-refractivity contribution is 6.12. The van der Waals surface area contributed by atoms with E-state index in [1.807, 2.05) is 6.92 Å². The first-order chi connectivity index (χ1) is 14.2. The largest absolute Gasteiger partial charge is 0.476 e. The average Bonchev–Trinajstić information content (AvgIpc) is 3.13. The molecule has 0 saturated heterocycles. The number of carboxylic acids is 1. The van der Waals surface area contributed by atoms with Crippen molar-refractivity contribution in [2.24, 2.45) is 7.05 Å². The van der Waals surface area contributed by atoms with E-state index in [9.17, 15) is 23.9 Å². The van der Waals surface area contributed by atoms with Crippen LogP contribution in [-0.4, -0.2) is 26.7 Å². The minimum absolute atomic E-state index is 0.00428. The van der Waals surface area contributed by atoms with E-state index in [0.29, 0.717) is 29.0 Å². The van der Waals surface area contributed by atoms with Gasteiger partial charge in [0.15, 0.2) is 5.69 Å². The van der Waals surface area contributed by atoms with Gasteiger partial charge in [0.25, 0.3) is 11.5 Å². The van der Waals surface area contributed by atoms with E-state index in [2.05, 4.69) is 4.98 Å². The first kappa shape index (κ1) is 19.6. The number of benzene rings is 1. The molecule has 0 radical (unpaired) electrons. The van der Waals surface area contributed by atoms with Crippen molar-refractivity contribution in [3.05, 3.63) is 69.2 Å². The van der Waals surface area contributed by atoms with Crippen LogP contribution < -0.4 is 10.5 Å². The molecule has 9 heteroatoms. The standard InChI is InChI=1S/C21H18FN3O5/c1-4-14-17-13(9-15(22)23-18(17)21(28)29)19(26)25(14)12-7-5-11(6-8-12)16-10(2)30-24(3)20(16)27/h5-9,14H,4H2,1-3H3,(H,28,29). The minimum atomic E-state index is -1.39. The summed E-state index contributed by atoms with van der Waals surface area (Å²) in [5.41, 5.74) is 1.02. The summed E-state index contributed by atoms with van der Waals surface area (Å²) in [6.45, 7) is 3.50. The number of carbonyl (C=O) groups excluding carboxylic acids is 1. The van der Waals surface area contributed by atoms with E-state index in [1.165, 1.54) is 11.9 Å². The van der Waals surface area contributed by atoms with Gasteiger partial charge in [0.1, 0.15) is 5.76 Å². The first-order valence-electron chi connectivity index (χ1n) is 9.29. The molecule has 0 spiro atoms. The molecule has 0 aliphatic carbocycles. The van der Waals surface area contributed by atoms with Crippen LogP contribution in [0, 0.1) is 12.9 Å². The van der Waals surface area contributed by atoms with Crippen molar-refractivity contribution in [2.75, 3.05) is 4.90 Å². The fraction of sp³-hybridized carbons (Fsp3) is 0.238. The molecule has 0 fully saturated rings. The van der Waals surface area contributed by atoms with E-state index in [0.717, 1.165) is 10.8 Å². The summed E-state index contributed by atoms with van der Waals surface area (Å²) in [6.07, 6.45) is 0.412. The quantitative estimate of drug-likeness (QED) is 0.661. The van der Waals surface area contributed by atoms with Gasteiger partial charge < -0.3 is 14.5 Å². The van der Waals surface area contributed by atoms with E-state index in [-0.39, 0.29) is 16.7 Å². The number of rotatable bonds is 4. The van der Waals surface area contributed by atoms with Crippen molar-refractivity contribution in [3.8, 4) is 11.1 Å². The Morgan fingerprint density at radius 3 is 2.47 bits per heavy atom. The lowest BCUT2D eigenvalue weighted by molar-refractivity contribution is 0.0687. The monoisotopic (exact) mass is 411 g/mol. The fourth-order valence-electron chi connectivity index (χ4n) is 4.00. The average molecular weight is 411 g/mol. The number of anilines is 1. The highest BCUT2D eigenvalue weighted by Crippen LogP contribution is 2.41. The number of hydrogen-bond acceptors (Lipinski definition) is 5. The van der Waals surface area contributed by atoms with Crippen LogP contribution in [0.2, 0.25) is 0 Å². The van der Waals surface area contributed by atoms with Crippen LogP contribution in [-0.2, 0) is 7.05 Å². The molecule has 3 heterocycles. The topological polar surface area (TPSA) is 106 Å². The molecule has 1 unspecified atom stereocenters. The predicted molar refractivity (Wildman–Crippen MR) is 105 cm³/mol. The van der Waals surface area contributed by atoms with Crippen molar-refractivity contribution in [2.45, 2.75) is 26.3 Å². The van der Waals surface area contributed by atoms with Gasteiger partial charge in [0.2, 0.25) is 5.95 Å². The molecule has 1 atom stereocenters. The normalized spacial score (nSPS) is 15.5. The smallest absolute Gasteiger partial charge is 0.355 e. The third-order valence-corrected chi connectivity index (χ3v) is 5.27. The lowest BCUT2D eigenvalue weighted by Gasteiger charge is -2.25. The number of amides is 1. The highest BCUT2D eigenvalue weighted by atomic mass is 19.1. The Bertz CT molecular complexity index is 1240. The van der Waals surface area contributed by atoms with E-state index in [4.69, 9.17) is 4.52 Å². The number of carbonyl (C=O) groups is 2. The number of fused-ring (bicyclic) bond motifs is 1. The molecule has 1 amide bonds. The number of carboxylic acid groups (broad SMARTS) is 1. The number of aromatic carboxylic acids is 1. The maximum Gasteiger partial charge on any atom is 0.355 e. The van der Waals surface area contributed by atoms with Crippen LogP contribution in [0.5, 0.6) is 0 Å². The lowest BCUT2D eigenvalue weighted by atomic mass is 10.0. The summed E-state index contributed by atoms with van der Waals surface area (Å²) < 4.78 is 20.3. The van der Waals surface area contributed by atoms with E-state index >= 15 is 0 Å². The summed E-state index contributed by atoms with van der Waals surface area (Å²) in [7, 11) is 1.52. The highest BCUT2D eigenvalue weighted by Gasteiger charge is 2.41. The van der Waals surface area contributed by atoms with Gasteiger partial charge in [0.05, 0.1) is 17.2 Å². The van der Waals surface area contributed by atoms with Crippen LogP contribution in [0.25, 0.3) is 11.1 Å². The Balaban J connectivity index is 1.79. The summed E-state index contributed by atoms with van der Waals surface area (Å²) >= 11 is 0. The van der Waals surface area contributed by atoms with Gasteiger partial charge >= 0.3 is 5.97 Å². The van der Waals surface area contributed by atoms with Crippen molar-refractivity contribution in [1.29, 1.82) is 0 Å². The van der Waals surface area contributed by atoms with Gasteiger partial charge in [-0.25, -0.2) is 9.78 Å². The van der Waals surface area contributed by atoms with E-state index in [1.54, 1.807) is 31.2 Å². The second-order valence-electron chi connectivity index (χ2n) is 7.03. The Kier molecular flexibility index (Phi) is 4.53. The number of aryl methyl sites for hydroxylation is 2. The van der Waals surface area contributed by atoms with Gasteiger partial charge in [-0.3, -0.25) is 9.59 Å². The Morgan fingerprint density at radius 1 is 1.27 bits per heavy atom. The fourth-order valence-corrected chi connectivity index (χ4v) is 4.00. The maximum absolute atomic E-state index is 13.8. The molecule has 4 rings (SSSR count). The zero-order chi connectivity index (χ0) is 21.7. The molecule has 2 aromatic heterocycles. The van der Waals surface area contributed by atoms with Crippen LogP contribution in [0.4, 0.5) is 10.1 Å². The summed E-state index contributed by atoms with van der Waals surface area (Å²) in [5.74, 6) is -2.43. The summed E-state index contributed by atoms with van der Waals surface area (Å²) in [5, 5.41) is 9.45. The second kappa shape index (κ2) is 6.94. The van der Waals surface area contributed by atoms with Gasteiger partial charge in [-0.15, -0.1) is 0 Å². The van der Waals surface area contributed by atoms with E-state index < -0.39 is 29.6 Å². The number of aromatic nitrogens is 2. The minimum Gasteiger partial charge on any atom is -0.476 e. The Hall–Kier alpha value is -3.75. The second-order valence-corrected chi connectivity index (χ2v) is 7.03. The maximum atomic E-state index is 13.8. The molecule has 0 bridgehead atoms. The SMILES string of the molecule is CCC1c2c(cc(F)nc2C(=O)O)C(=O)N1c1ccc(-c2c(C)on(C)c2=O)cc1. The van der Waals surface area contributed by atoms with Gasteiger partial charge in [-0.2, -0.15) is 9.13 Å². The van der Waals surface area contributed by atoms with Crippen LogP contribution in [0.1, 0.15) is 51.6 Å². The Labute approximate surface area is 170 Å². The van der Waals surface area contributed by atoms with Gasteiger partial charge in [-0.1, -0.05) is 19.1 Å². The molecule has 1 aliphatic rings. The third-order valence-electron chi connectivity index (χ3n) is 5.27. The van der Waals surface area contributed by atoms with Crippen LogP contribution >= 0.6 is 0 Å². The predicted octanol–water partition coefficient (Wildman–Crippen LogP) is 3.30. The van der Waals surface area contributed by atoms with Crippen LogP contribution in [0.3, 0.4) is 0 Å². The molecule has 0 saturated carbocycles. The molecular weight excluding hydrogens is 393 g/mol. The molecular formula is C21H18FN3O5. The zero-order valence-corrected chi connectivity index (χ0v) is 16.5. The van der Waals surface area contributed by atoms with Crippen molar-refractivity contribution < 1.29 is 23.6 Å². The van der Waals surface area contributed by atoms with Crippen molar-refractivity contribution in [3.63, 3.8) is 0 Å². The molecule has 30 heavy (non-hydrogen) atoms. The number of nitrogens with zero attached hydrogens (tertiary/aromatic N) is 3. The number of pyridine rings is 1. The molecule has 1 aromatic carbocycles. The number of hydrogen-bond donors (Lipinski definition) is 1. The van der Waals surface area contributed by atoms with Crippen molar-refractivity contribution >= 4 is 17.6 Å². The summed E-state index contributed by atoms with van der Waals surface area (Å²) in [4.78, 5) is 41.8.